The number of hydrogen-bond acceptors (Lipinski definition) is 8. The van der Waals surface area contributed by atoms with Crippen LogP contribution in [0.3, 0.4) is 0 Å². The molecule has 0 saturated carbocycles. The van der Waals surface area contributed by atoms with Crippen molar-refractivity contribution in [1.82, 2.24) is 0 Å². The van der Waals surface area contributed by atoms with Crippen molar-refractivity contribution < 1.29 is 38.1 Å². The van der Waals surface area contributed by atoms with Crippen LogP contribution >= 0.6 is 0 Å². The third-order valence-corrected chi connectivity index (χ3v) is 2.48. The molecule has 0 aliphatic carbocycles. The van der Waals surface area contributed by atoms with E-state index in [-0.39, 0.29) is 17.5 Å². The molecule has 0 aliphatic rings. The molecule has 0 atom stereocenters. The molecule has 0 aliphatic heterocycles. The van der Waals surface area contributed by atoms with Gasteiger partial charge in [0.2, 0.25) is 0 Å². The van der Waals surface area contributed by atoms with Crippen molar-refractivity contribution in [2.24, 2.45) is 0 Å². The zero-order chi connectivity index (χ0) is 17.8. The molecule has 1 aromatic carbocycles. The van der Waals surface area contributed by atoms with Gasteiger partial charge < -0.3 is 18.9 Å². The molecule has 0 unspecified atom stereocenters. The van der Waals surface area contributed by atoms with Crippen LogP contribution in [0.15, 0.2) is 24.3 Å². The van der Waals surface area contributed by atoms with E-state index in [1.807, 2.05) is 0 Å². The monoisotopic (exact) mass is 326 g/mol. The van der Waals surface area contributed by atoms with Gasteiger partial charge in [-0.05, 0) is 12.1 Å². The molecule has 126 valence electrons. The molecular formula is C15H18O8. The van der Waals surface area contributed by atoms with E-state index in [1.165, 1.54) is 40.6 Å². The molecule has 8 nitrogen and oxygen atoms in total. The smallest absolute Gasteiger partial charge is 0.338 e. The minimum Gasteiger partial charge on any atom is -0.469 e. The number of ether oxygens (including phenoxy) is 4. The second-order valence-corrected chi connectivity index (χ2v) is 3.86. The minimum absolute atomic E-state index is 0.210. The molecule has 0 radical (unpaired) electrons. The Labute approximate surface area is 133 Å². The number of benzene rings is 1. The first-order valence-corrected chi connectivity index (χ1v) is 6.30. The summed E-state index contributed by atoms with van der Waals surface area (Å²) < 4.78 is 17.4. The Kier molecular flexibility index (Phi) is 9.42. The highest BCUT2D eigenvalue weighted by Gasteiger charge is 2.16. The van der Waals surface area contributed by atoms with Gasteiger partial charge >= 0.3 is 23.9 Å². The van der Waals surface area contributed by atoms with Gasteiger partial charge in [-0.2, -0.15) is 0 Å². The summed E-state index contributed by atoms with van der Waals surface area (Å²) in [7, 11) is 4.95. The third-order valence-electron chi connectivity index (χ3n) is 2.48. The number of hydrogen-bond donors (Lipinski definition) is 0. The fourth-order valence-corrected chi connectivity index (χ4v) is 1.32. The fraction of sp³-hybridized carbons (Fsp3) is 0.333. The van der Waals surface area contributed by atoms with Crippen LogP contribution < -0.4 is 0 Å². The van der Waals surface area contributed by atoms with Crippen molar-refractivity contribution in [1.29, 1.82) is 0 Å². The van der Waals surface area contributed by atoms with Crippen molar-refractivity contribution in [3.8, 4) is 0 Å². The van der Waals surface area contributed by atoms with Crippen LogP contribution in [0.5, 0.6) is 0 Å². The van der Waals surface area contributed by atoms with Crippen molar-refractivity contribution >= 4 is 23.9 Å². The first-order chi connectivity index (χ1) is 10.9. The molecule has 1 rings (SSSR count). The van der Waals surface area contributed by atoms with E-state index in [0.29, 0.717) is 0 Å². The topological polar surface area (TPSA) is 105 Å². The first-order valence-electron chi connectivity index (χ1n) is 6.30. The lowest BCUT2D eigenvalue weighted by Gasteiger charge is -2.04. The summed E-state index contributed by atoms with van der Waals surface area (Å²) >= 11 is 0. The second-order valence-electron chi connectivity index (χ2n) is 3.86. The second kappa shape index (κ2) is 10.8. The van der Waals surface area contributed by atoms with Gasteiger partial charge in [0.25, 0.3) is 0 Å². The highest BCUT2D eigenvalue weighted by Crippen LogP contribution is 2.10. The zero-order valence-electron chi connectivity index (χ0n) is 13.3. The quantitative estimate of drug-likeness (QED) is 0.458. The van der Waals surface area contributed by atoms with Crippen LogP contribution in [0.25, 0.3) is 0 Å². The maximum absolute atomic E-state index is 11.2. The van der Waals surface area contributed by atoms with Gasteiger partial charge in [0.1, 0.15) is 6.42 Å². The summed E-state index contributed by atoms with van der Waals surface area (Å²) in [4.78, 5) is 43.0. The highest BCUT2D eigenvalue weighted by molar-refractivity contribution is 6.03. The van der Waals surface area contributed by atoms with Gasteiger partial charge in [-0.25, -0.2) is 9.59 Å². The summed E-state index contributed by atoms with van der Waals surface area (Å²) in [6, 6.07) is 6.33. The lowest BCUT2D eigenvalue weighted by molar-refractivity contribution is -0.151. The highest BCUT2D eigenvalue weighted by atomic mass is 16.5. The predicted octanol–water partition coefficient (Wildman–Crippen LogP) is 0.982. The van der Waals surface area contributed by atoms with Crippen molar-refractivity contribution in [2.75, 3.05) is 28.4 Å². The molecule has 0 heterocycles. The molecule has 0 N–H and O–H groups in total. The summed E-state index contributed by atoms with van der Waals surface area (Å²) in [6.07, 6.45) is -0.312. The SMILES string of the molecule is COC(=O)CC(=O)OC.COC(=O)c1ccccc1C(=O)OC. The normalized spacial score (nSPS) is 8.87. The summed E-state index contributed by atoms with van der Waals surface area (Å²) in [5, 5.41) is 0. The molecule has 0 fully saturated rings. The van der Waals surface area contributed by atoms with Crippen molar-refractivity contribution in [3.63, 3.8) is 0 Å². The van der Waals surface area contributed by atoms with Gasteiger partial charge in [-0.3, -0.25) is 9.59 Å². The lowest BCUT2D eigenvalue weighted by Crippen LogP contribution is -2.11. The van der Waals surface area contributed by atoms with Gasteiger partial charge in [-0.15, -0.1) is 0 Å². The predicted molar refractivity (Wildman–Crippen MR) is 77.8 cm³/mol. The van der Waals surface area contributed by atoms with Crippen molar-refractivity contribution in [3.05, 3.63) is 35.4 Å². The Hall–Kier alpha value is -2.90. The fourth-order valence-electron chi connectivity index (χ4n) is 1.32. The number of rotatable bonds is 4. The van der Waals surface area contributed by atoms with Crippen LogP contribution in [0.4, 0.5) is 0 Å². The molecule has 1 aromatic rings. The number of carbonyl (C=O) groups excluding carboxylic acids is 4. The standard InChI is InChI=1S/C10H10O4.C5H8O4/c1-13-9(11)7-5-3-4-6-8(7)10(12)14-2;1-8-4(6)3-5(7)9-2/h3-6H,1-2H3;3H2,1-2H3. The van der Waals surface area contributed by atoms with Crippen LogP contribution in [0.1, 0.15) is 27.1 Å². The zero-order valence-corrected chi connectivity index (χ0v) is 13.3. The maximum Gasteiger partial charge on any atom is 0.338 e. The van der Waals surface area contributed by atoms with Gasteiger partial charge in [0.15, 0.2) is 0 Å². The molecule has 0 aromatic heterocycles. The minimum atomic E-state index is -0.582. The third kappa shape index (κ3) is 7.07. The Balaban J connectivity index is 0.000000468. The first kappa shape index (κ1) is 20.1. The molecule has 0 spiro atoms. The summed E-state index contributed by atoms with van der Waals surface area (Å²) in [6.45, 7) is 0. The Morgan fingerprint density at radius 1 is 0.696 bits per heavy atom. The van der Waals surface area contributed by atoms with Gasteiger partial charge in [0.05, 0.1) is 39.6 Å². The van der Waals surface area contributed by atoms with Gasteiger partial charge in [-0.1, -0.05) is 12.1 Å². The molecular weight excluding hydrogens is 308 g/mol. The van der Waals surface area contributed by atoms with E-state index in [4.69, 9.17) is 0 Å². The molecule has 0 bridgehead atoms. The number of carbonyl (C=O) groups is 4. The molecule has 23 heavy (non-hydrogen) atoms. The van der Waals surface area contributed by atoms with Crippen LogP contribution in [-0.4, -0.2) is 52.3 Å². The van der Waals surface area contributed by atoms with Crippen LogP contribution in [0, 0.1) is 0 Å². The molecule has 8 heteroatoms. The van der Waals surface area contributed by atoms with E-state index in [9.17, 15) is 19.2 Å². The van der Waals surface area contributed by atoms with E-state index < -0.39 is 23.9 Å². The molecule has 0 saturated heterocycles. The Morgan fingerprint density at radius 2 is 1.04 bits per heavy atom. The largest absolute Gasteiger partial charge is 0.469 e. The Bertz CT molecular complexity index is 515. The average Bonchev–Trinajstić information content (AvgIpc) is 2.60. The van der Waals surface area contributed by atoms with Crippen LogP contribution in [0.2, 0.25) is 0 Å². The van der Waals surface area contributed by atoms with Gasteiger partial charge in [0, 0.05) is 0 Å². The summed E-state index contributed by atoms with van der Waals surface area (Å²) in [5.74, 6) is -2.26. The van der Waals surface area contributed by atoms with Crippen molar-refractivity contribution in [2.45, 2.75) is 6.42 Å². The van der Waals surface area contributed by atoms with Crippen LogP contribution in [-0.2, 0) is 28.5 Å². The average molecular weight is 326 g/mol. The Morgan fingerprint density at radius 3 is 1.30 bits per heavy atom. The maximum atomic E-state index is 11.2. The van der Waals surface area contributed by atoms with E-state index in [2.05, 4.69) is 18.9 Å². The summed E-state index contributed by atoms with van der Waals surface area (Å²) in [5.41, 5.74) is 0.420. The molecule has 0 amide bonds. The van der Waals surface area contributed by atoms with E-state index in [0.717, 1.165) is 0 Å². The number of methoxy groups -OCH3 is 4. The number of esters is 4. The van der Waals surface area contributed by atoms with E-state index in [1.54, 1.807) is 12.1 Å². The lowest BCUT2D eigenvalue weighted by atomic mass is 10.1. The van der Waals surface area contributed by atoms with E-state index >= 15 is 0 Å².